The highest BCUT2D eigenvalue weighted by atomic mass is 32.2. The van der Waals surface area contributed by atoms with Gasteiger partial charge in [-0.1, -0.05) is 18.7 Å². The Balaban J connectivity index is 2.79. The van der Waals surface area contributed by atoms with E-state index in [0.717, 1.165) is 17.4 Å². The second kappa shape index (κ2) is 5.89. The Morgan fingerprint density at radius 3 is 2.69 bits per heavy atom. The summed E-state index contributed by atoms with van der Waals surface area (Å²) in [4.78, 5) is 11.0. The topological polar surface area (TPSA) is 57.0 Å². The average molecular weight is 243 g/mol. The normalized spacial score (nSPS) is 10.8. The number of esters is 1. The fourth-order valence-corrected chi connectivity index (χ4v) is 2.27. The lowest BCUT2D eigenvalue weighted by Crippen LogP contribution is -2.09. The van der Waals surface area contributed by atoms with E-state index in [9.17, 15) is 4.79 Å². The summed E-state index contributed by atoms with van der Waals surface area (Å²) in [5.41, 5.74) is 0. The monoisotopic (exact) mass is 243 g/mol. The molecular weight excluding hydrogens is 226 g/mol. The lowest BCUT2D eigenvalue weighted by Gasteiger charge is -2.12. The van der Waals surface area contributed by atoms with Crippen LogP contribution in [0.3, 0.4) is 0 Å². The minimum Gasteiger partial charge on any atom is -0.468 e. The van der Waals surface area contributed by atoms with Crippen molar-refractivity contribution >= 4 is 17.7 Å². The van der Waals surface area contributed by atoms with Gasteiger partial charge in [-0.25, -0.2) is 0 Å². The van der Waals surface area contributed by atoms with Crippen molar-refractivity contribution in [3.05, 3.63) is 5.82 Å². The minimum absolute atomic E-state index is 0.249. The van der Waals surface area contributed by atoms with Crippen molar-refractivity contribution < 1.29 is 9.53 Å². The summed E-state index contributed by atoms with van der Waals surface area (Å²) < 4.78 is 6.64. The van der Waals surface area contributed by atoms with Gasteiger partial charge in [0.05, 0.1) is 12.9 Å². The Hall–Kier alpha value is -1.04. The molecule has 0 amide bonds. The molecule has 6 heteroatoms. The number of ether oxygens (including phenoxy) is 1. The van der Waals surface area contributed by atoms with Gasteiger partial charge in [0.25, 0.3) is 0 Å². The molecule has 0 aliphatic heterocycles. The third kappa shape index (κ3) is 2.98. The zero-order valence-corrected chi connectivity index (χ0v) is 10.9. The van der Waals surface area contributed by atoms with Crippen LogP contribution in [0.15, 0.2) is 5.16 Å². The van der Waals surface area contributed by atoms with Gasteiger partial charge in [0.2, 0.25) is 0 Å². The molecule has 0 saturated carbocycles. The number of methoxy groups -OCH3 is 1. The maximum absolute atomic E-state index is 11.0. The molecule has 0 atom stereocenters. The van der Waals surface area contributed by atoms with Crippen LogP contribution in [0.1, 0.15) is 32.6 Å². The number of hydrogen-bond donors (Lipinski definition) is 0. The van der Waals surface area contributed by atoms with Gasteiger partial charge in [-0.2, -0.15) is 0 Å². The molecule has 0 fully saturated rings. The highest BCUT2D eigenvalue weighted by Crippen LogP contribution is 2.21. The van der Waals surface area contributed by atoms with Gasteiger partial charge in [0.15, 0.2) is 5.16 Å². The number of thioether (sulfide) groups is 1. The lowest BCUT2D eigenvalue weighted by molar-refractivity contribution is -0.137. The number of carbonyl (C=O) groups is 1. The molecule has 0 bridgehead atoms. The van der Waals surface area contributed by atoms with E-state index in [1.54, 1.807) is 0 Å². The third-order valence-electron chi connectivity index (χ3n) is 2.11. The zero-order valence-electron chi connectivity index (χ0n) is 10.1. The van der Waals surface area contributed by atoms with Crippen LogP contribution in [0, 0.1) is 0 Å². The van der Waals surface area contributed by atoms with E-state index in [0.29, 0.717) is 6.04 Å². The summed E-state index contributed by atoms with van der Waals surface area (Å²) in [6.45, 7) is 6.19. The van der Waals surface area contributed by atoms with Crippen LogP contribution >= 0.6 is 11.8 Å². The van der Waals surface area contributed by atoms with E-state index in [-0.39, 0.29) is 11.7 Å². The van der Waals surface area contributed by atoms with Gasteiger partial charge in [-0.3, -0.25) is 4.79 Å². The van der Waals surface area contributed by atoms with Crippen LogP contribution in [-0.2, 0) is 16.0 Å². The summed E-state index contributed by atoms with van der Waals surface area (Å²) in [5, 5.41) is 8.96. The molecule has 1 rings (SSSR count). The maximum atomic E-state index is 11.0. The average Bonchev–Trinajstić information content (AvgIpc) is 2.68. The molecule has 0 aromatic carbocycles. The Bertz CT molecular complexity index is 363. The van der Waals surface area contributed by atoms with Gasteiger partial charge in [-0.15, -0.1) is 10.2 Å². The number of hydrogen-bond acceptors (Lipinski definition) is 5. The predicted octanol–water partition coefficient (Wildman–Crippen LogP) is 1.69. The molecule has 0 aliphatic rings. The van der Waals surface area contributed by atoms with Crippen molar-refractivity contribution in [2.75, 3.05) is 12.9 Å². The minimum atomic E-state index is -0.249. The molecule has 0 aliphatic carbocycles. The van der Waals surface area contributed by atoms with Crippen LogP contribution < -0.4 is 0 Å². The number of carbonyl (C=O) groups excluding carboxylic acids is 1. The van der Waals surface area contributed by atoms with Crippen LogP contribution in [0.5, 0.6) is 0 Å². The number of rotatable bonds is 5. The molecule has 5 nitrogen and oxygen atoms in total. The highest BCUT2D eigenvalue weighted by molar-refractivity contribution is 7.99. The lowest BCUT2D eigenvalue weighted by atomic mass is 10.3. The van der Waals surface area contributed by atoms with Crippen LogP contribution in [0.25, 0.3) is 0 Å². The third-order valence-corrected chi connectivity index (χ3v) is 3.03. The smallest absolute Gasteiger partial charge is 0.316 e. The molecule has 0 spiro atoms. The molecular formula is C10H17N3O2S. The molecule has 0 unspecified atom stereocenters. The standard InChI is InChI=1S/C10H17N3O2S/c1-5-8-11-12-10(13(8)7(2)3)16-6-9(14)15-4/h7H,5-6H2,1-4H3. The molecule has 0 N–H and O–H groups in total. The molecule has 0 saturated heterocycles. The van der Waals surface area contributed by atoms with Crippen molar-refractivity contribution in [1.29, 1.82) is 0 Å². The molecule has 16 heavy (non-hydrogen) atoms. The number of aromatic nitrogens is 3. The van der Waals surface area contributed by atoms with Gasteiger partial charge in [-0.05, 0) is 13.8 Å². The second-order valence-electron chi connectivity index (χ2n) is 3.58. The van der Waals surface area contributed by atoms with E-state index < -0.39 is 0 Å². The molecule has 90 valence electrons. The van der Waals surface area contributed by atoms with Crippen molar-refractivity contribution in [1.82, 2.24) is 14.8 Å². The van der Waals surface area contributed by atoms with Crippen molar-refractivity contribution in [3.63, 3.8) is 0 Å². The van der Waals surface area contributed by atoms with Crippen molar-refractivity contribution in [3.8, 4) is 0 Å². The predicted molar refractivity (Wildman–Crippen MR) is 62.5 cm³/mol. The van der Waals surface area contributed by atoms with Gasteiger partial charge >= 0.3 is 5.97 Å². The quantitative estimate of drug-likeness (QED) is 0.582. The van der Waals surface area contributed by atoms with Crippen molar-refractivity contribution in [2.45, 2.75) is 38.4 Å². The van der Waals surface area contributed by atoms with Crippen LogP contribution in [-0.4, -0.2) is 33.6 Å². The first-order valence-corrected chi connectivity index (χ1v) is 6.22. The largest absolute Gasteiger partial charge is 0.468 e. The molecule has 0 radical (unpaired) electrons. The maximum Gasteiger partial charge on any atom is 0.316 e. The summed E-state index contributed by atoms with van der Waals surface area (Å²) in [6, 6.07) is 0.296. The van der Waals surface area contributed by atoms with Gasteiger partial charge < -0.3 is 9.30 Å². The fourth-order valence-electron chi connectivity index (χ4n) is 1.35. The van der Waals surface area contributed by atoms with Crippen LogP contribution in [0.4, 0.5) is 0 Å². The summed E-state index contributed by atoms with van der Waals surface area (Å²) in [5.74, 6) is 0.967. The first-order chi connectivity index (χ1) is 7.60. The Morgan fingerprint density at radius 2 is 2.19 bits per heavy atom. The van der Waals surface area contributed by atoms with Gasteiger partial charge in [0, 0.05) is 12.5 Å². The SMILES string of the molecule is CCc1nnc(SCC(=O)OC)n1C(C)C. The summed E-state index contributed by atoms with van der Waals surface area (Å²) in [6.07, 6.45) is 0.837. The molecule has 1 aromatic heterocycles. The van der Waals surface area contributed by atoms with E-state index in [2.05, 4.69) is 28.8 Å². The van der Waals surface area contributed by atoms with E-state index in [1.807, 2.05) is 11.5 Å². The van der Waals surface area contributed by atoms with Gasteiger partial charge in [0.1, 0.15) is 5.82 Å². The fraction of sp³-hybridized carbons (Fsp3) is 0.700. The molecule has 1 aromatic rings. The van der Waals surface area contributed by atoms with Crippen molar-refractivity contribution in [2.24, 2.45) is 0 Å². The molecule has 1 heterocycles. The summed E-state index contributed by atoms with van der Waals surface area (Å²) >= 11 is 1.36. The first-order valence-electron chi connectivity index (χ1n) is 5.23. The Kier molecular flexibility index (Phi) is 4.79. The van der Waals surface area contributed by atoms with E-state index in [4.69, 9.17) is 0 Å². The first kappa shape index (κ1) is 13.0. The number of nitrogens with zero attached hydrogens (tertiary/aromatic N) is 3. The summed E-state index contributed by atoms with van der Waals surface area (Å²) in [7, 11) is 1.38. The Morgan fingerprint density at radius 1 is 1.50 bits per heavy atom. The van der Waals surface area contributed by atoms with E-state index in [1.165, 1.54) is 18.9 Å². The van der Waals surface area contributed by atoms with E-state index >= 15 is 0 Å². The second-order valence-corrected chi connectivity index (χ2v) is 4.52. The zero-order chi connectivity index (χ0) is 12.1. The number of aryl methyl sites for hydroxylation is 1. The van der Waals surface area contributed by atoms with Crippen LogP contribution in [0.2, 0.25) is 0 Å². The highest BCUT2D eigenvalue weighted by Gasteiger charge is 2.15. The Labute approximate surface area is 99.6 Å².